The van der Waals surface area contributed by atoms with Crippen molar-refractivity contribution in [2.75, 3.05) is 19.7 Å². The molecule has 0 unspecified atom stereocenters. The summed E-state index contributed by atoms with van der Waals surface area (Å²) < 4.78 is 18.8. The molecule has 2 saturated heterocycles. The number of carbonyl (C=O) groups is 3. The van der Waals surface area contributed by atoms with E-state index in [4.69, 9.17) is 14.2 Å². The van der Waals surface area contributed by atoms with Crippen LogP contribution in [0.15, 0.2) is 12.1 Å². The van der Waals surface area contributed by atoms with Crippen molar-refractivity contribution in [3.8, 4) is 11.5 Å². The maximum absolute atomic E-state index is 14.7. The van der Waals surface area contributed by atoms with Gasteiger partial charge in [-0.25, -0.2) is 4.79 Å². The molecule has 3 fully saturated rings. The van der Waals surface area contributed by atoms with Crippen LogP contribution in [-0.4, -0.2) is 71.6 Å². The molecule has 1 aromatic rings. The monoisotopic (exact) mass is 654 g/mol. The number of fused-ring (bicyclic) bond motifs is 1. The molecule has 1 amide bonds. The number of aliphatic hydroxyl groups excluding tert-OH is 1. The summed E-state index contributed by atoms with van der Waals surface area (Å²) in [4.78, 5) is 39.9. The molecule has 1 saturated carbocycles. The zero-order chi connectivity index (χ0) is 33.2. The van der Waals surface area contributed by atoms with Crippen molar-refractivity contribution >= 4 is 17.8 Å². The molecular formula is C37H54N2O8. The Kier molecular flexibility index (Phi) is 10.4. The average Bonchev–Trinajstić information content (AvgIpc) is 3.05. The number of aliphatic hydroxyl groups is 1. The minimum atomic E-state index is -1.04. The van der Waals surface area contributed by atoms with Crippen LogP contribution >= 0.6 is 0 Å². The zero-order valence-corrected chi connectivity index (χ0v) is 28.2. The molecule has 0 aromatic heterocycles. The van der Waals surface area contributed by atoms with Crippen LogP contribution in [0, 0.1) is 11.3 Å². The van der Waals surface area contributed by atoms with E-state index in [2.05, 4.69) is 10.6 Å². The van der Waals surface area contributed by atoms with Gasteiger partial charge in [-0.1, -0.05) is 18.9 Å². The Morgan fingerprint density at radius 3 is 2.62 bits per heavy atom. The molecule has 1 aromatic carbocycles. The van der Waals surface area contributed by atoms with Crippen molar-refractivity contribution in [2.24, 2.45) is 11.3 Å². The second-order valence-corrected chi connectivity index (χ2v) is 15.0. The van der Waals surface area contributed by atoms with E-state index in [0.717, 1.165) is 75.6 Å². The van der Waals surface area contributed by atoms with Gasteiger partial charge in [0.15, 0.2) is 11.5 Å². The topological polar surface area (TPSA) is 143 Å². The first kappa shape index (κ1) is 34.0. The predicted molar refractivity (Wildman–Crippen MR) is 175 cm³/mol. The molecule has 3 aliphatic heterocycles. The number of phenols is 1. The van der Waals surface area contributed by atoms with Gasteiger partial charge in [0.1, 0.15) is 17.7 Å². The van der Waals surface area contributed by atoms with E-state index in [9.17, 15) is 24.6 Å². The molecule has 0 radical (unpaired) electrons. The third-order valence-corrected chi connectivity index (χ3v) is 12.1. The van der Waals surface area contributed by atoms with E-state index in [-0.39, 0.29) is 35.4 Å². The Morgan fingerprint density at radius 2 is 1.85 bits per heavy atom. The number of amides is 1. The quantitative estimate of drug-likeness (QED) is 0.239. The number of benzene rings is 1. The van der Waals surface area contributed by atoms with Gasteiger partial charge < -0.3 is 35.1 Å². The van der Waals surface area contributed by atoms with Gasteiger partial charge in [0.2, 0.25) is 5.91 Å². The molecule has 2 aliphatic carbocycles. The maximum Gasteiger partial charge on any atom is 0.332 e. The molecule has 3 heterocycles. The predicted octanol–water partition coefficient (Wildman–Crippen LogP) is 5.13. The summed E-state index contributed by atoms with van der Waals surface area (Å²) >= 11 is 0. The summed E-state index contributed by atoms with van der Waals surface area (Å²) in [5.74, 6) is 0.305. The minimum absolute atomic E-state index is 0.0331. The first-order chi connectivity index (χ1) is 22.6. The lowest BCUT2D eigenvalue weighted by molar-refractivity contribution is -0.180. The Morgan fingerprint density at radius 1 is 1.04 bits per heavy atom. The standard InChI is InChI=1S/C37H54N2O8/c1-23(40)6-5-8-27(46-24(2)41)22-31(47-35(44)37-16-4-3-7-26(37)10-14-32(43)39-37)36(17-19-38-20-18-36)29-12-9-25-15-21-45-34-30(42)13-11-28(29)33(25)34/h11,13,23,25-27,29,31,38,40,42H,3-10,12,14-22H2,1-2H3,(H,39,43)/t23-,25-,26-,27+,29-,31+,37-/m0/s1. The molecular weight excluding hydrogens is 600 g/mol. The number of ether oxygens (including phenoxy) is 3. The van der Waals surface area contributed by atoms with Crippen molar-refractivity contribution in [3.05, 3.63) is 23.3 Å². The van der Waals surface area contributed by atoms with Crippen LogP contribution in [0.3, 0.4) is 0 Å². The zero-order valence-electron chi connectivity index (χ0n) is 28.2. The molecule has 0 spiro atoms. The number of carbonyl (C=O) groups excluding carboxylic acids is 3. The lowest BCUT2D eigenvalue weighted by Gasteiger charge is -2.53. The largest absolute Gasteiger partial charge is 0.504 e. The van der Waals surface area contributed by atoms with Crippen LogP contribution in [-0.2, 0) is 23.9 Å². The van der Waals surface area contributed by atoms with Crippen LogP contribution in [0.1, 0.15) is 133 Å². The third kappa shape index (κ3) is 6.87. The Labute approximate surface area is 278 Å². The van der Waals surface area contributed by atoms with Crippen LogP contribution in [0.25, 0.3) is 0 Å². The smallest absolute Gasteiger partial charge is 0.332 e. The van der Waals surface area contributed by atoms with E-state index in [1.165, 1.54) is 6.92 Å². The Balaban J connectivity index is 1.41. The number of esters is 2. The minimum Gasteiger partial charge on any atom is -0.504 e. The molecule has 7 atom stereocenters. The van der Waals surface area contributed by atoms with Crippen molar-refractivity contribution in [3.63, 3.8) is 0 Å². The second kappa shape index (κ2) is 14.3. The summed E-state index contributed by atoms with van der Waals surface area (Å²) in [5.41, 5.74) is 0.742. The van der Waals surface area contributed by atoms with Gasteiger partial charge in [-0.3, -0.25) is 9.59 Å². The number of aromatic hydroxyl groups is 1. The van der Waals surface area contributed by atoms with Crippen molar-refractivity contribution < 1.29 is 38.8 Å². The van der Waals surface area contributed by atoms with Gasteiger partial charge in [0.25, 0.3) is 0 Å². The highest BCUT2D eigenvalue weighted by molar-refractivity contribution is 5.90. The van der Waals surface area contributed by atoms with Gasteiger partial charge in [-0.2, -0.15) is 0 Å². The summed E-state index contributed by atoms with van der Waals surface area (Å²) in [6.07, 6.45) is 9.34. The summed E-state index contributed by atoms with van der Waals surface area (Å²) in [7, 11) is 0. The van der Waals surface area contributed by atoms with E-state index < -0.39 is 29.3 Å². The van der Waals surface area contributed by atoms with Crippen LogP contribution in [0.5, 0.6) is 11.5 Å². The lowest BCUT2D eigenvalue weighted by atomic mass is 9.57. The normalized spacial score (nSPS) is 29.9. The van der Waals surface area contributed by atoms with E-state index >= 15 is 0 Å². The Bertz CT molecular complexity index is 1310. The molecule has 4 N–H and O–H groups in total. The van der Waals surface area contributed by atoms with Gasteiger partial charge in [-0.05, 0) is 120 Å². The fraction of sp³-hybridized carbons (Fsp3) is 0.757. The number of nitrogens with one attached hydrogen (secondary N) is 2. The average molecular weight is 655 g/mol. The van der Waals surface area contributed by atoms with Crippen molar-refractivity contribution in [1.82, 2.24) is 10.6 Å². The number of hydrogen-bond donors (Lipinski definition) is 4. The fourth-order valence-electron chi connectivity index (χ4n) is 9.83. The molecule has 6 rings (SSSR count). The lowest BCUT2D eigenvalue weighted by Crippen LogP contribution is -2.65. The number of hydrogen-bond acceptors (Lipinski definition) is 9. The molecule has 0 bridgehead atoms. The SMILES string of the molecule is CC(=O)O[C@H](CCC[C@H](C)O)C[C@@H](OC(=O)[C@]12CCCC[C@H]1CCC(=O)N2)C1([C@H]2CC[C@H]3CCOc4c(O)ccc2c43)CCNCC1. The maximum atomic E-state index is 14.7. The highest BCUT2D eigenvalue weighted by Crippen LogP contribution is 2.59. The highest BCUT2D eigenvalue weighted by Gasteiger charge is 2.56. The number of rotatable bonds is 11. The van der Waals surface area contributed by atoms with E-state index in [1.807, 2.05) is 6.07 Å². The van der Waals surface area contributed by atoms with Gasteiger partial charge in [-0.15, -0.1) is 0 Å². The van der Waals surface area contributed by atoms with E-state index in [1.54, 1.807) is 13.0 Å². The van der Waals surface area contributed by atoms with Crippen LogP contribution < -0.4 is 15.4 Å². The van der Waals surface area contributed by atoms with Crippen LogP contribution in [0.2, 0.25) is 0 Å². The molecule has 5 aliphatic rings. The van der Waals surface area contributed by atoms with Crippen molar-refractivity contribution in [1.29, 1.82) is 0 Å². The Hall–Kier alpha value is -2.85. The first-order valence-electron chi connectivity index (χ1n) is 18.2. The molecule has 47 heavy (non-hydrogen) atoms. The summed E-state index contributed by atoms with van der Waals surface area (Å²) in [5, 5.41) is 27.4. The fourth-order valence-corrected chi connectivity index (χ4v) is 9.83. The summed E-state index contributed by atoms with van der Waals surface area (Å²) in [6.45, 7) is 5.27. The summed E-state index contributed by atoms with van der Waals surface area (Å²) in [6, 6.07) is 3.79. The van der Waals surface area contributed by atoms with Crippen LogP contribution in [0.4, 0.5) is 0 Å². The second-order valence-electron chi connectivity index (χ2n) is 15.0. The molecule has 10 nitrogen and oxygen atoms in total. The van der Waals surface area contributed by atoms with Gasteiger partial charge in [0.05, 0.1) is 12.7 Å². The van der Waals surface area contributed by atoms with Crippen molar-refractivity contribution in [2.45, 2.75) is 146 Å². The van der Waals surface area contributed by atoms with E-state index in [0.29, 0.717) is 63.2 Å². The highest BCUT2D eigenvalue weighted by atomic mass is 16.6. The molecule has 260 valence electrons. The van der Waals surface area contributed by atoms with Gasteiger partial charge >= 0.3 is 11.9 Å². The first-order valence-corrected chi connectivity index (χ1v) is 18.2. The molecule has 10 heteroatoms. The van der Waals surface area contributed by atoms with Gasteiger partial charge in [0, 0.05) is 30.7 Å². The number of phenolic OH excluding ortho intramolecular Hbond substituents is 1. The number of piperidine rings is 2. The third-order valence-electron chi connectivity index (χ3n) is 12.1.